The summed E-state index contributed by atoms with van der Waals surface area (Å²) < 4.78 is 0. The van der Waals surface area contributed by atoms with Crippen molar-refractivity contribution < 1.29 is 5.11 Å². The molecule has 3 nitrogen and oxygen atoms in total. The Kier molecular flexibility index (Phi) is 3.76. The lowest BCUT2D eigenvalue weighted by Gasteiger charge is -2.32. The van der Waals surface area contributed by atoms with Gasteiger partial charge in [0, 0.05) is 0 Å². The zero-order valence-corrected chi connectivity index (χ0v) is 11.4. The molecule has 19 heavy (non-hydrogen) atoms. The summed E-state index contributed by atoms with van der Waals surface area (Å²) >= 11 is 0. The SMILES string of the molecule is Cc1cccc(N)c1NC(C)(CO)c1ccccc1. The fourth-order valence-corrected chi connectivity index (χ4v) is 2.15. The molecule has 100 valence electrons. The standard InChI is InChI=1S/C16H20N2O/c1-12-7-6-10-14(17)15(12)18-16(2,11-19)13-8-4-3-5-9-13/h3-10,18-19H,11,17H2,1-2H3. The quantitative estimate of drug-likeness (QED) is 0.737. The van der Waals surface area contributed by atoms with Gasteiger partial charge in [-0.1, -0.05) is 42.5 Å². The smallest absolute Gasteiger partial charge is 0.0829 e. The number of rotatable bonds is 4. The van der Waals surface area contributed by atoms with Gasteiger partial charge >= 0.3 is 0 Å². The third-order valence-electron chi connectivity index (χ3n) is 3.43. The predicted molar refractivity (Wildman–Crippen MR) is 80.1 cm³/mol. The Bertz CT molecular complexity index is 534. The molecule has 1 atom stereocenters. The fraction of sp³-hybridized carbons (Fsp3) is 0.250. The van der Waals surface area contributed by atoms with E-state index in [1.54, 1.807) is 0 Å². The summed E-state index contributed by atoms with van der Waals surface area (Å²) in [5.74, 6) is 0. The summed E-state index contributed by atoms with van der Waals surface area (Å²) in [6.07, 6.45) is 0. The van der Waals surface area contributed by atoms with E-state index in [4.69, 9.17) is 5.73 Å². The molecule has 4 N–H and O–H groups in total. The van der Waals surface area contributed by atoms with Crippen LogP contribution in [0.15, 0.2) is 48.5 Å². The summed E-state index contributed by atoms with van der Waals surface area (Å²) in [6.45, 7) is 3.96. The van der Waals surface area contributed by atoms with E-state index in [0.717, 1.165) is 16.8 Å². The van der Waals surface area contributed by atoms with Gasteiger partial charge in [0.2, 0.25) is 0 Å². The number of para-hydroxylation sites is 1. The van der Waals surface area contributed by atoms with Gasteiger partial charge in [-0.05, 0) is 31.0 Å². The maximum absolute atomic E-state index is 9.78. The van der Waals surface area contributed by atoms with Gasteiger partial charge < -0.3 is 16.2 Å². The van der Waals surface area contributed by atoms with Crippen LogP contribution in [-0.2, 0) is 5.54 Å². The van der Waals surface area contributed by atoms with Crippen LogP contribution in [0, 0.1) is 6.92 Å². The molecule has 0 saturated carbocycles. The number of hydrogen-bond donors (Lipinski definition) is 3. The molecule has 0 radical (unpaired) electrons. The van der Waals surface area contributed by atoms with Gasteiger partial charge in [-0.3, -0.25) is 0 Å². The first-order valence-corrected chi connectivity index (χ1v) is 6.36. The number of nitrogen functional groups attached to an aromatic ring is 1. The first-order valence-electron chi connectivity index (χ1n) is 6.36. The maximum atomic E-state index is 9.78. The van der Waals surface area contributed by atoms with Gasteiger partial charge in [0.25, 0.3) is 0 Å². The highest BCUT2D eigenvalue weighted by atomic mass is 16.3. The van der Waals surface area contributed by atoms with Crippen molar-refractivity contribution in [2.24, 2.45) is 0 Å². The van der Waals surface area contributed by atoms with Gasteiger partial charge in [-0.25, -0.2) is 0 Å². The molecule has 2 aromatic carbocycles. The molecule has 2 aromatic rings. The van der Waals surface area contributed by atoms with E-state index in [0.29, 0.717) is 5.69 Å². The van der Waals surface area contributed by atoms with E-state index in [2.05, 4.69) is 5.32 Å². The highest BCUT2D eigenvalue weighted by molar-refractivity contribution is 5.71. The molecule has 2 rings (SSSR count). The summed E-state index contributed by atoms with van der Waals surface area (Å²) in [6, 6.07) is 15.7. The highest BCUT2D eigenvalue weighted by Gasteiger charge is 2.26. The Labute approximate surface area is 114 Å². The zero-order chi connectivity index (χ0) is 13.9. The number of nitrogens with one attached hydrogen (secondary N) is 1. The van der Waals surface area contributed by atoms with Gasteiger partial charge in [-0.2, -0.15) is 0 Å². The largest absolute Gasteiger partial charge is 0.397 e. The molecule has 0 aliphatic rings. The highest BCUT2D eigenvalue weighted by Crippen LogP contribution is 2.31. The van der Waals surface area contributed by atoms with Crippen LogP contribution in [-0.4, -0.2) is 11.7 Å². The number of benzene rings is 2. The van der Waals surface area contributed by atoms with Crippen LogP contribution in [0.5, 0.6) is 0 Å². The topological polar surface area (TPSA) is 58.3 Å². The normalized spacial score (nSPS) is 13.8. The molecule has 0 saturated heterocycles. The average Bonchev–Trinajstić information content (AvgIpc) is 2.44. The minimum Gasteiger partial charge on any atom is -0.397 e. The second kappa shape index (κ2) is 5.33. The first-order chi connectivity index (χ1) is 9.07. The van der Waals surface area contributed by atoms with E-state index in [1.165, 1.54) is 0 Å². The molecular weight excluding hydrogens is 236 g/mol. The van der Waals surface area contributed by atoms with Crippen LogP contribution >= 0.6 is 0 Å². The van der Waals surface area contributed by atoms with Crippen molar-refractivity contribution in [3.63, 3.8) is 0 Å². The molecule has 0 aliphatic carbocycles. The number of nitrogens with two attached hydrogens (primary N) is 1. The van der Waals surface area contributed by atoms with Crippen molar-refractivity contribution in [2.45, 2.75) is 19.4 Å². The van der Waals surface area contributed by atoms with Crippen molar-refractivity contribution in [1.82, 2.24) is 0 Å². The summed E-state index contributed by atoms with van der Waals surface area (Å²) in [7, 11) is 0. The molecule has 0 fully saturated rings. The van der Waals surface area contributed by atoms with Crippen molar-refractivity contribution in [3.05, 3.63) is 59.7 Å². The third-order valence-corrected chi connectivity index (χ3v) is 3.43. The maximum Gasteiger partial charge on any atom is 0.0829 e. The Morgan fingerprint density at radius 2 is 1.79 bits per heavy atom. The zero-order valence-electron chi connectivity index (χ0n) is 11.4. The molecule has 0 spiro atoms. The minimum absolute atomic E-state index is 0.00914. The van der Waals surface area contributed by atoms with Gasteiger partial charge in [0.05, 0.1) is 23.5 Å². The van der Waals surface area contributed by atoms with E-state index in [1.807, 2.05) is 62.4 Å². The van der Waals surface area contributed by atoms with Gasteiger partial charge in [0.15, 0.2) is 0 Å². The second-order valence-corrected chi connectivity index (χ2v) is 5.02. The number of aliphatic hydroxyl groups excluding tert-OH is 1. The lowest BCUT2D eigenvalue weighted by atomic mass is 9.92. The Hall–Kier alpha value is -2.00. The van der Waals surface area contributed by atoms with Crippen molar-refractivity contribution in [3.8, 4) is 0 Å². The van der Waals surface area contributed by atoms with Crippen LogP contribution in [0.25, 0.3) is 0 Å². The molecule has 0 heterocycles. The van der Waals surface area contributed by atoms with Crippen LogP contribution < -0.4 is 11.1 Å². The Balaban J connectivity index is 2.39. The summed E-state index contributed by atoms with van der Waals surface area (Å²) in [5.41, 5.74) is 9.12. The van der Waals surface area contributed by atoms with E-state index < -0.39 is 5.54 Å². The van der Waals surface area contributed by atoms with Crippen molar-refractivity contribution in [1.29, 1.82) is 0 Å². The Morgan fingerprint density at radius 1 is 1.11 bits per heavy atom. The van der Waals surface area contributed by atoms with E-state index >= 15 is 0 Å². The van der Waals surface area contributed by atoms with Crippen molar-refractivity contribution >= 4 is 11.4 Å². The minimum atomic E-state index is -0.554. The third kappa shape index (κ3) is 2.71. The molecule has 0 aliphatic heterocycles. The monoisotopic (exact) mass is 256 g/mol. The fourth-order valence-electron chi connectivity index (χ4n) is 2.15. The predicted octanol–water partition coefficient (Wildman–Crippen LogP) is 2.90. The molecule has 0 bridgehead atoms. The number of anilines is 2. The molecular formula is C16H20N2O. The lowest BCUT2D eigenvalue weighted by Crippen LogP contribution is -2.36. The number of hydrogen-bond acceptors (Lipinski definition) is 3. The van der Waals surface area contributed by atoms with Crippen molar-refractivity contribution in [2.75, 3.05) is 17.7 Å². The van der Waals surface area contributed by atoms with Crippen LogP contribution in [0.3, 0.4) is 0 Å². The molecule has 1 unspecified atom stereocenters. The van der Waals surface area contributed by atoms with Gasteiger partial charge in [0.1, 0.15) is 0 Å². The lowest BCUT2D eigenvalue weighted by molar-refractivity contribution is 0.224. The first kappa shape index (κ1) is 13.4. The number of aliphatic hydroxyl groups is 1. The van der Waals surface area contributed by atoms with Gasteiger partial charge in [-0.15, -0.1) is 0 Å². The van der Waals surface area contributed by atoms with E-state index in [9.17, 15) is 5.11 Å². The second-order valence-electron chi connectivity index (χ2n) is 5.02. The summed E-state index contributed by atoms with van der Waals surface area (Å²) in [4.78, 5) is 0. The molecule has 3 heteroatoms. The van der Waals surface area contributed by atoms with Crippen LogP contribution in [0.4, 0.5) is 11.4 Å². The number of aryl methyl sites for hydroxylation is 1. The van der Waals surface area contributed by atoms with Crippen LogP contribution in [0.2, 0.25) is 0 Å². The molecule has 0 aromatic heterocycles. The van der Waals surface area contributed by atoms with E-state index in [-0.39, 0.29) is 6.61 Å². The average molecular weight is 256 g/mol. The Morgan fingerprint density at radius 3 is 2.37 bits per heavy atom. The van der Waals surface area contributed by atoms with Crippen LogP contribution in [0.1, 0.15) is 18.1 Å². The molecule has 0 amide bonds. The summed E-state index contributed by atoms with van der Waals surface area (Å²) in [5, 5.41) is 13.2.